The van der Waals surface area contributed by atoms with Crippen molar-refractivity contribution in [3.8, 4) is 0 Å². The Morgan fingerprint density at radius 1 is 1.14 bits per heavy atom. The second-order valence-corrected chi connectivity index (χ2v) is 5.10. The third-order valence-electron chi connectivity index (χ3n) is 4.17. The van der Waals surface area contributed by atoms with Gasteiger partial charge in [-0.25, -0.2) is 0 Å². The molecule has 14 heavy (non-hydrogen) atoms. The van der Waals surface area contributed by atoms with Crippen LogP contribution >= 0.6 is 0 Å². The lowest BCUT2D eigenvalue weighted by molar-refractivity contribution is -0.0766. The van der Waals surface area contributed by atoms with Crippen LogP contribution in [0.2, 0.25) is 0 Å². The summed E-state index contributed by atoms with van der Waals surface area (Å²) >= 11 is 0. The molecule has 80 valence electrons. The summed E-state index contributed by atoms with van der Waals surface area (Å²) in [5.41, 5.74) is 0. The van der Waals surface area contributed by atoms with Gasteiger partial charge >= 0.3 is 0 Å². The van der Waals surface area contributed by atoms with Crippen molar-refractivity contribution < 1.29 is 4.74 Å². The molecule has 0 aromatic heterocycles. The molecule has 2 unspecified atom stereocenters. The quantitative estimate of drug-likeness (QED) is 0.604. The molecule has 0 bridgehead atoms. The van der Waals surface area contributed by atoms with Crippen LogP contribution < -0.4 is 0 Å². The molecule has 3 heterocycles. The summed E-state index contributed by atoms with van der Waals surface area (Å²) in [6, 6.07) is 1.63. The van der Waals surface area contributed by atoms with Gasteiger partial charge in [0.25, 0.3) is 0 Å². The Kier molecular flexibility index (Phi) is 2.26. The van der Waals surface area contributed by atoms with Gasteiger partial charge in [-0.05, 0) is 38.9 Å². The van der Waals surface area contributed by atoms with Crippen LogP contribution in [0, 0.1) is 5.92 Å². The van der Waals surface area contributed by atoms with Crippen LogP contribution in [0.25, 0.3) is 0 Å². The van der Waals surface area contributed by atoms with Gasteiger partial charge in [0.05, 0.1) is 19.3 Å². The van der Waals surface area contributed by atoms with Gasteiger partial charge in [-0.1, -0.05) is 0 Å². The highest BCUT2D eigenvalue weighted by Gasteiger charge is 2.42. The van der Waals surface area contributed by atoms with Crippen LogP contribution in [0.5, 0.6) is 0 Å². The molecule has 3 aliphatic rings. The first-order chi connectivity index (χ1) is 6.84. The first kappa shape index (κ1) is 9.13. The summed E-state index contributed by atoms with van der Waals surface area (Å²) in [6.07, 6.45) is 2.78. The number of hydrogen-bond donors (Lipinski definition) is 0. The van der Waals surface area contributed by atoms with Crippen LogP contribution in [-0.4, -0.2) is 61.8 Å². The standard InChI is InChI=1S/C11H20N2O/c1-12-4-3-11-9(6-12)2-5-13(11)10-7-14-8-10/h9-11H,2-8H2,1H3. The minimum absolute atomic E-state index is 0.758. The van der Waals surface area contributed by atoms with E-state index in [2.05, 4.69) is 16.8 Å². The Hall–Kier alpha value is -0.120. The predicted molar refractivity (Wildman–Crippen MR) is 55.3 cm³/mol. The fourth-order valence-corrected chi connectivity index (χ4v) is 3.27. The number of fused-ring (bicyclic) bond motifs is 1. The van der Waals surface area contributed by atoms with Crippen LogP contribution in [0.3, 0.4) is 0 Å². The molecule has 0 aliphatic carbocycles. The number of piperidine rings is 1. The van der Waals surface area contributed by atoms with Gasteiger partial charge in [-0.2, -0.15) is 0 Å². The molecule has 3 fully saturated rings. The van der Waals surface area contributed by atoms with Crippen LogP contribution in [0.15, 0.2) is 0 Å². The highest BCUT2D eigenvalue weighted by molar-refractivity contribution is 4.96. The molecular weight excluding hydrogens is 176 g/mol. The largest absolute Gasteiger partial charge is 0.378 e. The highest BCUT2D eigenvalue weighted by atomic mass is 16.5. The van der Waals surface area contributed by atoms with E-state index in [1.165, 1.54) is 32.5 Å². The molecule has 0 aromatic carbocycles. The Bertz CT molecular complexity index is 217. The summed E-state index contributed by atoms with van der Waals surface area (Å²) in [5.74, 6) is 0.939. The second-order valence-electron chi connectivity index (χ2n) is 5.10. The fourth-order valence-electron chi connectivity index (χ4n) is 3.27. The SMILES string of the molecule is CN1CCC2C(CCN2C2COC2)C1. The van der Waals surface area contributed by atoms with E-state index in [1.807, 2.05) is 0 Å². The molecule has 3 saturated heterocycles. The highest BCUT2D eigenvalue weighted by Crippen LogP contribution is 2.33. The molecule has 3 aliphatic heterocycles. The maximum Gasteiger partial charge on any atom is 0.0645 e. The number of likely N-dealkylation sites (tertiary alicyclic amines) is 2. The molecule has 0 N–H and O–H groups in total. The van der Waals surface area contributed by atoms with Crippen LogP contribution in [0.4, 0.5) is 0 Å². The summed E-state index contributed by atoms with van der Waals surface area (Å²) in [4.78, 5) is 5.21. The third-order valence-corrected chi connectivity index (χ3v) is 4.17. The first-order valence-corrected chi connectivity index (χ1v) is 5.86. The summed E-state index contributed by atoms with van der Waals surface area (Å²) in [6.45, 7) is 5.88. The molecule has 2 atom stereocenters. The third kappa shape index (κ3) is 1.38. The number of hydrogen-bond acceptors (Lipinski definition) is 3. The van der Waals surface area contributed by atoms with Gasteiger partial charge in [0.15, 0.2) is 0 Å². The van der Waals surface area contributed by atoms with E-state index in [0.717, 1.165) is 31.2 Å². The summed E-state index contributed by atoms with van der Waals surface area (Å²) in [7, 11) is 2.26. The Morgan fingerprint density at radius 2 is 2.00 bits per heavy atom. The molecular formula is C11H20N2O. The van der Waals surface area contributed by atoms with Crippen molar-refractivity contribution in [2.45, 2.75) is 24.9 Å². The van der Waals surface area contributed by atoms with Crippen molar-refractivity contribution in [2.24, 2.45) is 5.92 Å². The lowest BCUT2D eigenvalue weighted by Crippen LogP contribution is -2.54. The van der Waals surface area contributed by atoms with Gasteiger partial charge < -0.3 is 9.64 Å². The average Bonchev–Trinajstić information content (AvgIpc) is 2.45. The van der Waals surface area contributed by atoms with E-state index in [4.69, 9.17) is 4.74 Å². The molecule has 0 saturated carbocycles. The average molecular weight is 196 g/mol. The van der Waals surface area contributed by atoms with Crippen molar-refractivity contribution in [2.75, 3.05) is 39.9 Å². The number of ether oxygens (including phenoxy) is 1. The Labute approximate surface area is 86.0 Å². The molecule has 3 heteroatoms. The van der Waals surface area contributed by atoms with E-state index in [0.29, 0.717) is 0 Å². The van der Waals surface area contributed by atoms with E-state index in [1.54, 1.807) is 0 Å². The number of nitrogens with zero attached hydrogens (tertiary/aromatic N) is 2. The van der Waals surface area contributed by atoms with Gasteiger partial charge in [-0.3, -0.25) is 4.90 Å². The van der Waals surface area contributed by atoms with E-state index in [9.17, 15) is 0 Å². The second kappa shape index (κ2) is 3.47. The minimum atomic E-state index is 0.758. The molecule has 0 aromatic rings. The lowest BCUT2D eigenvalue weighted by Gasteiger charge is -2.42. The van der Waals surface area contributed by atoms with Crippen molar-refractivity contribution in [3.05, 3.63) is 0 Å². The summed E-state index contributed by atoms with van der Waals surface area (Å²) in [5, 5.41) is 0. The zero-order valence-electron chi connectivity index (χ0n) is 8.98. The van der Waals surface area contributed by atoms with Gasteiger partial charge in [-0.15, -0.1) is 0 Å². The van der Waals surface area contributed by atoms with Gasteiger partial charge in [0.1, 0.15) is 0 Å². The molecule has 3 rings (SSSR count). The minimum Gasteiger partial charge on any atom is -0.378 e. The van der Waals surface area contributed by atoms with Gasteiger partial charge in [0.2, 0.25) is 0 Å². The molecule has 0 amide bonds. The predicted octanol–water partition coefficient (Wildman–Crippen LogP) is 0.411. The Morgan fingerprint density at radius 3 is 2.71 bits per heavy atom. The van der Waals surface area contributed by atoms with E-state index >= 15 is 0 Å². The Balaban J connectivity index is 1.66. The first-order valence-electron chi connectivity index (χ1n) is 5.86. The van der Waals surface area contributed by atoms with Crippen LogP contribution in [0.1, 0.15) is 12.8 Å². The van der Waals surface area contributed by atoms with E-state index < -0.39 is 0 Å². The van der Waals surface area contributed by atoms with Gasteiger partial charge in [0, 0.05) is 12.6 Å². The smallest absolute Gasteiger partial charge is 0.0645 e. The normalized spacial score (nSPS) is 40.9. The maximum atomic E-state index is 5.30. The van der Waals surface area contributed by atoms with Crippen LogP contribution in [-0.2, 0) is 4.74 Å². The van der Waals surface area contributed by atoms with Crippen molar-refractivity contribution in [1.29, 1.82) is 0 Å². The molecule has 0 spiro atoms. The number of rotatable bonds is 1. The van der Waals surface area contributed by atoms with Crippen molar-refractivity contribution in [1.82, 2.24) is 9.80 Å². The van der Waals surface area contributed by atoms with E-state index in [-0.39, 0.29) is 0 Å². The molecule has 0 radical (unpaired) electrons. The zero-order chi connectivity index (χ0) is 9.54. The van der Waals surface area contributed by atoms with Crippen molar-refractivity contribution >= 4 is 0 Å². The van der Waals surface area contributed by atoms with Crippen molar-refractivity contribution in [3.63, 3.8) is 0 Å². The fraction of sp³-hybridized carbons (Fsp3) is 1.00. The summed E-state index contributed by atoms with van der Waals surface area (Å²) < 4.78 is 5.30. The monoisotopic (exact) mass is 196 g/mol. The maximum absolute atomic E-state index is 5.30. The topological polar surface area (TPSA) is 15.7 Å². The lowest BCUT2D eigenvalue weighted by atomic mass is 9.92. The zero-order valence-corrected chi connectivity index (χ0v) is 8.98. The molecule has 3 nitrogen and oxygen atoms in total.